The Balaban J connectivity index is 2.36. The fourth-order valence-corrected chi connectivity index (χ4v) is 2.76. The smallest absolute Gasteiger partial charge is 0.0101 e. The van der Waals surface area contributed by atoms with Crippen LogP contribution in [0.4, 0.5) is 0 Å². The first-order chi connectivity index (χ1) is 7.94. The van der Waals surface area contributed by atoms with Gasteiger partial charge in [0.05, 0.1) is 0 Å². The molecule has 0 radical (unpaired) electrons. The Labute approximate surface area is 110 Å². The highest BCUT2D eigenvalue weighted by Gasteiger charge is 2.14. The summed E-state index contributed by atoms with van der Waals surface area (Å²) in [6.45, 7) is 9.61. The molecule has 0 unspecified atom stereocenters. The van der Waals surface area contributed by atoms with E-state index in [1.54, 1.807) is 0 Å². The van der Waals surface area contributed by atoms with Crippen LogP contribution in [-0.2, 0) is 0 Å². The number of hydrogen-bond acceptors (Lipinski definition) is 2. The summed E-state index contributed by atoms with van der Waals surface area (Å²) in [4.78, 5) is 1.42. The van der Waals surface area contributed by atoms with E-state index in [0.717, 1.165) is 6.54 Å². The molecule has 2 N–H and O–H groups in total. The molecule has 17 heavy (non-hydrogen) atoms. The van der Waals surface area contributed by atoms with Crippen LogP contribution in [-0.4, -0.2) is 12.3 Å². The largest absolute Gasteiger partial charge is 0.330 e. The molecule has 1 aromatic carbocycles. The number of nitrogens with two attached hydrogens (primary N) is 1. The van der Waals surface area contributed by atoms with Crippen molar-refractivity contribution < 1.29 is 0 Å². The van der Waals surface area contributed by atoms with Crippen molar-refractivity contribution in [2.45, 2.75) is 45.4 Å². The van der Waals surface area contributed by atoms with Crippen molar-refractivity contribution in [2.24, 2.45) is 11.1 Å². The molecule has 1 rings (SSSR count). The van der Waals surface area contributed by atoms with Gasteiger partial charge in [-0.05, 0) is 56.0 Å². The van der Waals surface area contributed by atoms with Crippen LogP contribution in [0.1, 0.15) is 37.8 Å². The lowest BCUT2D eigenvalue weighted by atomic mass is 9.88. The van der Waals surface area contributed by atoms with Gasteiger partial charge in [-0.15, -0.1) is 11.8 Å². The molecule has 0 aliphatic heterocycles. The van der Waals surface area contributed by atoms with Crippen LogP contribution in [0.2, 0.25) is 0 Å². The van der Waals surface area contributed by atoms with Crippen molar-refractivity contribution in [1.29, 1.82) is 0 Å². The van der Waals surface area contributed by atoms with Crippen LogP contribution in [0.25, 0.3) is 0 Å². The van der Waals surface area contributed by atoms with Gasteiger partial charge in [-0.3, -0.25) is 0 Å². The lowest BCUT2D eigenvalue weighted by Crippen LogP contribution is -2.23. The molecule has 0 fully saturated rings. The summed E-state index contributed by atoms with van der Waals surface area (Å²) in [5.41, 5.74) is 8.77. The van der Waals surface area contributed by atoms with E-state index in [1.807, 2.05) is 11.8 Å². The van der Waals surface area contributed by atoms with Crippen LogP contribution in [0, 0.1) is 19.3 Å². The Morgan fingerprint density at radius 2 is 1.94 bits per heavy atom. The van der Waals surface area contributed by atoms with Gasteiger partial charge in [0.1, 0.15) is 0 Å². The predicted molar refractivity (Wildman–Crippen MR) is 78.7 cm³/mol. The maximum Gasteiger partial charge on any atom is 0.0101 e. The van der Waals surface area contributed by atoms with Crippen LogP contribution in [0.15, 0.2) is 23.1 Å². The Morgan fingerprint density at radius 1 is 1.24 bits per heavy atom. The Bertz CT molecular complexity index is 358. The second-order valence-electron chi connectivity index (χ2n) is 5.59. The highest BCUT2D eigenvalue weighted by atomic mass is 32.2. The zero-order chi connectivity index (χ0) is 12.9. The molecule has 1 nitrogen and oxygen atoms in total. The van der Waals surface area contributed by atoms with Gasteiger partial charge < -0.3 is 5.73 Å². The van der Waals surface area contributed by atoms with E-state index in [0.29, 0.717) is 5.41 Å². The van der Waals surface area contributed by atoms with Crippen LogP contribution in [0.3, 0.4) is 0 Å². The molecule has 0 aliphatic rings. The number of thioether (sulfide) groups is 1. The predicted octanol–water partition coefficient (Wildman–Crippen LogP) is 4.16. The highest BCUT2D eigenvalue weighted by molar-refractivity contribution is 7.99. The molecule has 1 aromatic rings. The van der Waals surface area contributed by atoms with Gasteiger partial charge in [-0.25, -0.2) is 0 Å². The van der Waals surface area contributed by atoms with E-state index in [-0.39, 0.29) is 0 Å². The molecule has 0 spiro atoms. The third kappa shape index (κ3) is 5.13. The van der Waals surface area contributed by atoms with Crippen molar-refractivity contribution >= 4 is 11.8 Å². The molecule has 96 valence electrons. The van der Waals surface area contributed by atoms with Crippen molar-refractivity contribution in [3.05, 3.63) is 29.3 Å². The number of hydrogen-bond donors (Lipinski definition) is 1. The summed E-state index contributed by atoms with van der Waals surface area (Å²) in [7, 11) is 0. The second-order valence-corrected chi connectivity index (χ2v) is 6.73. The molecule has 0 saturated heterocycles. The van der Waals surface area contributed by atoms with Crippen LogP contribution < -0.4 is 5.73 Å². The van der Waals surface area contributed by atoms with E-state index in [9.17, 15) is 0 Å². The number of aryl methyl sites for hydroxylation is 2. The first-order valence-electron chi connectivity index (χ1n) is 6.35. The van der Waals surface area contributed by atoms with E-state index in [2.05, 4.69) is 45.9 Å². The Kier molecular flexibility index (Phi) is 5.54. The summed E-state index contributed by atoms with van der Waals surface area (Å²) < 4.78 is 0. The molecular formula is C15H25NS. The van der Waals surface area contributed by atoms with Gasteiger partial charge in [0.2, 0.25) is 0 Å². The topological polar surface area (TPSA) is 26.0 Å². The minimum atomic E-state index is 0.295. The minimum absolute atomic E-state index is 0.295. The molecule has 0 aliphatic carbocycles. The summed E-state index contributed by atoms with van der Waals surface area (Å²) in [6.07, 6.45) is 2.45. The van der Waals surface area contributed by atoms with E-state index in [4.69, 9.17) is 5.73 Å². The molecule has 0 amide bonds. The molecule has 0 bridgehead atoms. The van der Waals surface area contributed by atoms with E-state index >= 15 is 0 Å². The molecule has 0 heterocycles. The van der Waals surface area contributed by atoms with Crippen LogP contribution in [0.5, 0.6) is 0 Å². The summed E-state index contributed by atoms with van der Waals surface area (Å²) >= 11 is 1.97. The molecule has 0 saturated carbocycles. The third-order valence-corrected chi connectivity index (χ3v) is 4.40. The third-order valence-electron chi connectivity index (χ3n) is 3.14. The maximum absolute atomic E-state index is 5.73. The number of rotatable bonds is 6. The van der Waals surface area contributed by atoms with Gasteiger partial charge in [-0.2, -0.15) is 0 Å². The van der Waals surface area contributed by atoms with E-state index < -0.39 is 0 Å². The van der Waals surface area contributed by atoms with Crippen molar-refractivity contribution in [3.8, 4) is 0 Å². The molecule has 2 heteroatoms. The molecular weight excluding hydrogens is 226 g/mol. The minimum Gasteiger partial charge on any atom is -0.330 e. The van der Waals surface area contributed by atoms with Gasteiger partial charge in [0.25, 0.3) is 0 Å². The summed E-state index contributed by atoms with van der Waals surface area (Å²) in [6, 6.07) is 6.69. The Hall–Kier alpha value is -0.470. The normalized spacial score (nSPS) is 11.8. The lowest BCUT2D eigenvalue weighted by molar-refractivity contribution is 0.345. The SMILES string of the molecule is Cc1ccc(SCCCC(C)(C)CN)c(C)c1. The average molecular weight is 251 g/mol. The Morgan fingerprint density at radius 3 is 2.53 bits per heavy atom. The average Bonchev–Trinajstić information content (AvgIpc) is 2.27. The fraction of sp³-hybridized carbons (Fsp3) is 0.600. The first-order valence-corrected chi connectivity index (χ1v) is 7.33. The standard InChI is InChI=1S/C15H25NS/c1-12-6-7-14(13(2)10-12)17-9-5-8-15(3,4)11-16/h6-7,10H,5,8-9,11,16H2,1-4H3. The zero-order valence-corrected chi connectivity index (χ0v) is 12.4. The zero-order valence-electron chi connectivity index (χ0n) is 11.5. The van der Waals surface area contributed by atoms with Gasteiger partial charge >= 0.3 is 0 Å². The van der Waals surface area contributed by atoms with Gasteiger partial charge in [-0.1, -0.05) is 31.5 Å². The fourth-order valence-electron chi connectivity index (χ4n) is 1.80. The quantitative estimate of drug-likeness (QED) is 0.607. The van der Waals surface area contributed by atoms with Crippen molar-refractivity contribution in [3.63, 3.8) is 0 Å². The lowest BCUT2D eigenvalue weighted by Gasteiger charge is -2.21. The summed E-state index contributed by atoms with van der Waals surface area (Å²) in [5.74, 6) is 1.19. The van der Waals surface area contributed by atoms with Crippen molar-refractivity contribution in [1.82, 2.24) is 0 Å². The van der Waals surface area contributed by atoms with Gasteiger partial charge in [0, 0.05) is 4.90 Å². The number of benzene rings is 1. The maximum atomic E-state index is 5.73. The monoisotopic (exact) mass is 251 g/mol. The van der Waals surface area contributed by atoms with Gasteiger partial charge in [0.15, 0.2) is 0 Å². The molecule has 0 atom stereocenters. The van der Waals surface area contributed by atoms with Crippen molar-refractivity contribution in [2.75, 3.05) is 12.3 Å². The first kappa shape index (κ1) is 14.6. The summed E-state index contributed by atoms with van der Waals surface area (Å²) in [5, 5.41) is 0. The second kappa shape index (κ2) is 6.46. The highest BCUT2D eigenvalue weighted by Crippen LogP contribution is 2.27. The van der Waals surface area contributed by atoms with Crippen LogP contribution >= 0.6 is 11.8 Å². The van der Waals surface area contributed by atoms with E-state index in [1.165, 1.54) is 34.6 Å². The molecule has 0 aromatic heterocycles.